The van der Waals surface area contributed by atoms with Crippen LogP contribution >= 0.6 is 15.9 Å². The highest BCUT2D eigenvalue weighted by Crippen LogP contribution is 2.26. The summed E-state index contributed by atoms with van der Waals surface area (Å²) in [5, 5.41) is 8.83. The smallest absolute Gasteiger partial charge is 0.253 e. The first kappa shape index (κ1) is 15.5. The van der Waals surface area contributed by atoms with E-state index in [9.17, 15) is 4.79 Å². The number of rotatable bonds is 5. The monoisotopic (exact) mass is 324 g/mol. The molecule has 0 aliphatic carbocycles. The molecule has 1 rings (SSSR count). The lowest BCUT2D eigenvalue weighted by atomic mass is 10.1. The minimum Gasteiger partial charge on any atom is -0.496 e. The van der Waals surface area contributed by atoms with E-state index in [1.165, 1.54) is 0 Å². The number of methoxy groups -OCH3 is 1. The van der Waals surface area contributed by atoms with Gasteiger partial charge in [-0.2, -0.15) is 5.26 Å². The summed E-state index contributed by atoms with van der Waals surface area (Å²) >= 11 is 3.36. The van der Waals surface area contributed by atoms with Crippen LogP contribution in [0.4, 0.5) is 0 Å². The molecule has 0 fully saturated rings. The number of nitriles is 1. The molecule has 4 nitrogen and oxygen atoms in total. The molecule has 0 heterocycles. The third-order valence-corrected chi connectivity index (χ3v) is 3.40. The first-order chi connectivity index (χ1) is 9.03. The van der Waals surface area contributed by atoms with Gasteiger partial charge >= 0.3 is 0 Å². The highest BCUT2D eigenvalue weighted by atomic mass is 79.9. The minimum atomic E-state index is -0.175. The van der Waals surface area contributed by atoms with Gasteiger partial charge in [0.05, 0.1) is 23.6 Å². The summed E-state index contributed by atoms with van der Waals surface area (Å²) in [7, 11) is 1.58. The Bertz CT molecular complexity index is 497. The van der Waals surface area contributed by atoms with Crippen molar-refractivity contribution in [3.8, 4) is 11.8 Å². The Morgan fingerprint density at radius 1 is 1.58 bits per heavy atom. The van der Waals surface area contributed by atoms with Crippen LogP contribution in [0.25, 0.3) is 0 Å². The molecule has 0 saturated heterocycles. The SMILES string of the molecule is CCN(C[C@@H](C)C#N)C(=O)c1ccc(OC)c(Br)c1. The van der Waals surface area contributed by atoms with Gasteiger partial charge in [-0.1, -0.05) is 0 Å². The van der Waals surface area contributed by atoms with E-state index in [0.717, 1.165) is 4.47 Å². The largest absolute Gasteiger partial charge is 0.496 e. The van der Waals surface area contributed by atoms with Crippen LogP contribution in [-0.4, -0.2) is 31.0 Å². The number of ether oxygens (including phenoxy) is 1. The number of hydrogen-bond donors (Lipinski definition) is 0. The zero-order valence-corrected chi connectivity index (χ0v) is 12.9. The van der Waals surface area contributed by atoms with Crippen LogP contribution in [0.15, 0.2) is 22.7 Å². The third-order valence-electron chi connectivity index (χ3n) is 2.78. The van der Waals surface area contributed by atoms with E-state index in [1.807, 2.05) is 6.92 Å². The summed E-state index contributed by atoms with van der Waals surface area (Å²) < 4.78 is 5.87. The van der Waals surface area contributed by atoms with Crippen molar-refractivity contribution in [3.63, 3.8) is 0 Å². The number of amides is 1. The number of benzene rings is 1. The van der Waals surface area contributed by atoms with Crippen molar-refractivity contribution in [1.82, 2.24) is 4.90 Å². The molecule has 0 aliphatic heterocycles. The van der Waals surface area contributed by atoms with Crippen molar-refractivity contribution < 1.29 is 9.53 Å². The molecular formula is C14H17BrN2O2. The molecule has 0 radical (unpaired) electrons. The van der Waals surface area contributed by atoms with E-state index in [-0.39, 0.29) is 11.8 Å². The average Bonchev–Trinajstić information content (AvgIpc) is 2.43. The summed E-state index contributed by atoms with van der Waals surface area (Å²) in [4.78, 5) is 14.0. The van der Waals surface area contributed by atoms with Crippen LogP contribution < -0.4 is 4.74 Å². The second kappa shape index (κ2) is 7.15. The maximum Gasteiger partial charge on any atom is 0.253 e. The van der Waals surface area contributed by atoms with E-state index in [2.05, 4.69) is 22.0 Å². The van der Waals surface area contributed by atoms with Crippen molar-refractivity contribution in [3.05, 3.63) is 28.2 Å². The Kier molecular flexibility index (Phi) is 5.84. The lowest BCUT2D eigenvalue weighted by molar-refractivity contribution is 0.0752. The maximum atomic E-state index is 12.3. The van der Waals surface area contributed by atoms with Crippen LogP contribution in [0.2, 0.25) is 0 Å². The number of nitrogens with zero attached hydrogens (tertiary/aromatic N) is 2. The normalized spacial score (nSPS) is 11.5. The van der Waals surface area contributed by atoms with Crippen LogP contribution in [0, 0.1) is 17.2 Å². The second-order valence-corrected chi connectivity index (χ2v) is 5.08. The first-order valence-electron chi connectivity index (χ1n) is 6.05. The molecule has 1 aromatic rings. The van der Waals surface area contributed by atoms with Gasteiger partial charge in [0, 0.05) is 18.7 Å². The van der Waals surface area contributed by atoms with Crippen LogP contribution in [0.1, 0.15) is 24.2 Å². The molecule has 0 spiro atoms. The van der Waals surface area contributed by atoms with Crippen molar-refractivity contribution >= 4 is 21.8 Å². The summed E-state index contributed by atoms with van der Waals surface area (Å²) in [5.41, 5.74) is 0.583. The van der Waals surface area contributed by atoms with E-state index in [0.29, 0.717) is 24.4 Å². The molecule has 102 valence electrons. The molecule has 0 N–H and O–H groups in total. The van der Waals surface area contributed by atoms with E-state index in [1.54, 1.807) is 37.1 Å². The summed E-state index contributed by atoms with van der Waals surface area (Å²) in [5.74, 6) is 0.434. The van der Waals surface area contributed by atoms with Gasteiger partial charge in [0.25, 0.3) is 5.91 Å². The molecule has 5 heteroatoms. The second-order valence-electron chi connectivity index (χ2n) is 4.22. The molecule has 0 aromatic heterocycles. The van der Waals surface area contributed by atoms with Gasteiger partial charge in [0.2, 0.25) is 0 Å². The van der Waals surface area contributed by atoms with Crippen molar-refractivity contribution in [2.24, 2.45) is 5.92 Å². The topological polar surface area (TPSA) is 53.3 Å². The van der Waals surface area contributed by atoms with Crippen LogP contribution in [0.5, 0.6) is 5.75 Å². The molecular weight excluding hydrogens is 308 g/mol. The van der Waals surface area contributed by atoms with Gasteiger partial charge < -0.3 is 9.64 Å². The van der Waals surface area contributed by atoms with E-state index in [4.69, 9.17) is 10.00 Å². The van der Waals surface area contributed by atoms with Crippen LogP contribution in [0.3, 0.4) is 0 Å². The Morgan fingerprint density at radius 3 is 2.74 bits per heavy atom. The number of hydrogen-bond acceptors (Lipinski definition) is 3. The first-order valence-corrected chi connectivity index (χ1v) is 6.85. The number of carbonyl (C=O) groups is 1. The van der Waals surface area contributed by atoms with Gasteiger partial charge in [-0.3, -0.25) is 4.79 Å². The maximum absolute atomic E-state index is 12.3. The molecule has 19 heavy (non-hydrogen) atoms. The minimum absolute atomic E-state index is 0.0760. The van der Waals surface area contributed by atoms with Gasteiger partial charge in [-0.05, 0) is 48.0 Å². The quantitative estimate of drug-likeness (QED) is 0.836. The fourth-order valence-corrected chi connectivity index (χ4v) is 2.25. The standard InChI is InChI=1S/C14H17BrN2O2/c1-4-17(9-10(2)8-16)14(18)11-5-6-13(19-3)12(15)7-11/h5-7,10H,4,9H2,1-3H3/t10-/m0/s1. The summed E-state index contributed by atoms with van der Waals surface area (Å²) in [6.45, 7) is 4.73. The zero-order chi connectivity index (χ0) is 14.4. The Balaban J connectivity index is 2.92. The lowest BCUT2D eigenvalue weighted by Crippen LogP contribution is -2.34. The highest BCUT2D eigenvalue weighted by molar-refractivity contribution is 9.10. The van der Waals surface area contributed by atoms with E-state index >= 15 is 0 Å². The predicted molar refractivity (Wildman–Crippen MR) is 77.0 cm³/mol. The lowest BCUT2D eigenvalue weighted by Gasteiger charge is -2.22. The fourth-order valence-electron chi connectivity index (χ4n) is 1.71. The molecule has 0 aliphatic rings. The molecule has 1 amide bonds. The number of carbonyl (C=O) groups excluding carboxylic acids is 1. The summed E-state index contributed by atoms with van der Waals surface area (Å²) in [6.07, 6.45) is 0. The molecule has 0 bridgehead atoms. The zero-order valence-electron chi connectivity index (χ0n) is 11.3. The van der Waals surface area contributed by atoms with Crippen molar-refractivity contribution in [1.29, 1.82) is 5.26 Å². The Morgan fingerprint density at radius 2 is 2.26 bits per heavy atom. The van der Waals surface area contributed by atoms with Gasteiger partial charge in [-0.15, -0.1) is 0 Å². The molecule has 1 atom stereocenters. The molecule has 1 aromatic carbocycles. The Labute approximate surface area is 122 Å². The highest BCUT2D eigenvalue weighted by Gasteiger charge is 2.17. The average molecular weight is 325 g/mol. The van der Waals surface area contributed by atoms with Gasteiger partial charge in [0.15, 0.2) is 0 Å². The Hall–Kier alpha value is -1.54. The number of halogens is 1. The van der Waals surface area contributed by atoms with Crippen molar-refractivity contribution in [2.75, 3.05) is 20.2 Å². The van der Waals surface area contributed by atoms with Gasteiger partial charge in [-0.25, -0.2) is 0 Å². The third kappa shape index (κ3) is 3.97. The predicted octanol–water partition coefficient (Wildman–Crippen LogP) is 3.08. The fraction of sp³-hybridized carbons (Fsp3) is 0.429. The van der Waals surface area contributed by atoms with Crippen LogP contribution in [-0.2, 0) is 0 Å². The molecule has 0 saturated carbocycles. The van der Waals surface area contributed by atoms with Crippen molar-refractivity contribution in [2.45, 2.75) is 13.8 Å². The molecule has 0 unspecified atom stereocenters. The van der Waals surface area contributed by atoms with E-state index < -0.39 is 0 Å². The summed E-state index contributed by atoms with van der Waals surface area (Å²) in [6, 6.07) is 7.36. The van der Waals surface area contributed by atoms with Gasteiger partial charge in [0.1, 0.15) is 5.75 Å².